The molecule has 3 aromatic rings. The number of rotatable bonds is 2. The van der Waals surface area contributed by atoms with E-state index in [1.165, 1.54) is 15.4 Å². The van der Waals surface area contributed by atoms with Gasteiger partial charge in [-0.25, -0.2) is 17.2 Å². The number of nitrogens with one attached hydrogen (secondary N) is 1. The molecule has 1 N–H and O–H groups in total. The molecule has 5 rings (SSSR count). The second-order valence-electron chi connectivity index (χ2n) is 8.35. The van der Waals surface area contributed by atoms with Gasteiger partial charge in [0.2, 0.25) is 10.0 Å². The average Bonchev–Trinajstić information content (AvgIpc) is 3.24. The topological polar surface area (TPSA) is 54.3 Å². The lowest BCUT2D eigenvalue weighted by Crippen LogP contribution is -2.51. The van der Waals surface area contributed by atoms with Crippen molar-refractivity contribution in [2.24, 2.45) is 0 Å². The molecule has 0 atom stereocenters. The number of fused-ring (bicyclic) bond motifs is 4. The van der Waals surface area contributed by atoms with Crippen molar-refractivity contribution in [2.45, 2.75) is 37.1 Å². The summed E-state index contributed by atoms with van der Waals surface area (Å²) in [5.74, 6) is -1.71. The predicted molar refractivity (Wildman–Crippen MR) is 115 cm³/mol. The number of piperidine rings is 1. The minimum absolute atomic E-state index is 0.205. The molecule has 2 aliphatic rings. The smallest absolute Gasteiger partial charge is 0.246 e. The quantitative estimate of drug-likeness (QED) is 0.636. The molecule has 5 nitrogen and oxygen atoms in total. The van der Waals surface area contributed by atoms with Crippen LogP contribution in [0.25, 0.3) is 5.69 Å². The Labute approximate surface area is 180 Å². The molecule has 0 amide bonds. The van der Waals surface area contributed by atoms with Gasteiger partial charge in [-0.1, -0.05) is 6.07 Å². The van der Waals surface area contributed by atoms with Crippen LogP contribution in [0.4, 0.5) is 14.5 Å². The maximum atomic E-state index is 14.2. The van der Waals surface area contributed by atoms with Crippen LogP contribution in [0, 0.1) is 25.5 Å². The molecule has 1 fully saturated rings. The van der Waals surface area contributed by atoms with E-state index in [0.29, 0.717) is 12.8 Å². The van der Waals surface area contributed by atoms with Crippen LogP contribution < -0.4 is 5.32 Å². The zero-order chi connectivity index (χ0) is 22.0. The van der Waals surface area contributed by atoms with Crippen molar-refractivity contribution >= 4 is 15.7 Å². The summed E-state index contributed by atoms with van der Waals surface area (Å²) >= 11 is 0. The summed E-state index contributed by atoms with van der Waals surface area (Å²) in [4.78, 5) is -0.611. The minimum atomic E-state index is -4.12. The Morgan fingerprint density at radius 2 is 1.77 bits per heavy atom. The van der Waals surface area contributed by atoms with Gasteiger partial charge in [-0.15, -0.1) is 0 Å². The SMILES string of the molecule is Cc1ccc2c(c1C)-n1cccc1C1(CCN(S(=O)(=O)c3cc(F)ccc3F)CC1)N2. The van der Waals surface area contributed by atoms with E-state index < -0.39 is 32.1 Å². The first kappa shape index (κ1) is 20.2. The van der Waals surface area contributed by atoms with Gasteiger partial charge in [-0.05, 0) is 74.2 Å². The molecule has 1 aromatic heterocycles. The van der Waals surface area contributed by atoms with E-state index in [4.69, 9.17) is 0 Å². The number of hydrogen-bond acceptors (Lipinski definition) is 3. The van der Waals surface area contributed by atoms with Crippen molar-refractivity contribution in [2.75, 3.05) is 18.4 Å². The Kier molecular flexibility index (Phi) is 4.50. The van der Waals surface area contributed by atoms with Gasteiger partial charge < -0.3 is 9.88 Å². The first-order valence-corrected chi connectivity index (χ1v) is 11.7. The first-order chi connectivity index (χ1) is 14.7. The molecule has 3 heterocycles. The van der Waals surface area contributed by atoms with Gasteiger partial charge in [0, 0.05) is 25.0 Å². The fraction of sp³-hybridized carbons (Fsp3) is 0.304. The Morgan fingerprint density at radius 1 is 1.03 bits per heavy atom. The van der Waals surface area contributed by atoms with E-state index in [2.05, 4.69) is 41.9 Å². The molecule has 0 aliphatic carbocycles. The van der Waals surface area contributed by atoms with E-state index in [-0.39, 0.29) is 13.1 Å². The van der Waals surface area contributed by atoms with E-state index >= 15 is 0 Å². The van der Waals surface area contributed by atoms with Crippen LogP contribution in [0.3, 0.4) is 0 Å². The highest BCUT2D eigenvalue weighted by Gasteiger charge is 2.44. The molecular weight excluding hydrogens is 420 g/mol. The maximum absolute atomic E-state index is 14.2. The minimum Gasteiger partial charge on any atom is -0.372 e. The normalized spacial score (nSPS) is 17.8. The molecule has 162 valence electrons. The van der Waals surface area contributed by atoms with Gasteiger partial charge in [-0.3, -0.25) is 0 Å². The second-order valence-corrected chi connectivity index (χ2v) is 10.3. The van der Waals surface area contributed by atoms with Crippen LogP contribution in [0.2, 0.25) is 0 Å². The zero-order valence-corrected chi connectivity index (χ0v) is 18.1. The molecule has 0 unspecified atom stereocenters. The van der Waals surface area contributed by atoms with Crippen molar-refractivity contribution in [1.29, 1.82) is 0 Å². The van der Waals surface area contributed by atoms with Crippen molar-refractivity contribution in [3.05, 3.63) is 77.1 Å². The Morgan fingerprint density at radius 3 is 2.52 bits per heavy atom. The van der Waals surface area contributed by atoms with E-state index in [1.54, 1.807) is 0 Å². The summed E-state index contributed by atoms with van der Waals surface area (Å²) in [6, 6.07) is 10.7. The largest absolute Gasteiger partial charge is 0.372 e. The Bertz CT molecular complexity index is 1290. The monoisotopic (exact) mass is 443 g/mol. The van der Waals surface area contributed by atoms with Crippen LogP contribution in [-0.4, -0.2) is 30.4 Å². The fourth-order valence-electron chi connectivity index (χ4n) is 4.80. The summed E-state index contributed by atoms with van der Waals surface area (Å²) in [7, 11) is -4.12. The number of nitrogens with zero attached hydrogens (tertiary/aromatic N) is 2. The highest BCUT2D eigenvalue weighted by molar-refractivity contribution is 7.89. The van der Waals surface area contributed by atoms with E-state index in [0.717, 1.165) is 35.3 Å². The zero-order valence-electron chi connectivity index (χ0n) is 17.3. The molecule has 8 heteroatoms. The number of sulfonamides is 1. The van der Waals surface area contributed by atoms with E-state index in [1.807, 2.05) is 12.3 Å². The third-order valence-electron chi connectivity index (χ3n) is 6.64. The summed E-state index contributed by atoms with van der Waals surface area (Å²) in [6.07, 6.45) is 3.06. The van der Waals surface area contributed by atoms with Crippen molar-refractivity contribution in [3.63, 3.8) is 0 Å². The van der Waals surface area contributed by atoms with Gasteiger partial charge in [-0.2, -0.15) is 4.31 Å². The third-order valence-corrected chi connectivity index (χ3v) is 8.56. The van der Waals surface area contributed by atoms with Crippen molar-refractivity contribution in [1.82, 2.24) is 8.87 Å². The summed E-state index contributed by atoms with van der Waals surface area (Å²) in [5, 5.41) is 3.68. The van der Waals surface area contributed by atoms with Crippen LogP contribution in [0.15, 0.2) is 53.6 Å². The fourth-order valence-corrected chi connectivity index (χ4v) is 6.32. The molecule has 0 radical (unpaired) electrons. The standard InChI is InChI=1S/C23H23F2N3O2S/c1-15-5-8-19-22(16(15)2)28-11-3-4-21(28)23(26-19)9-12-27(13-10-23)31(29,30)20-14-17(24)6-7-18(20)25/h3-8,11,14,26H,9-10,12-13H2,1-2H3. The second kappa shape index (κ2) is 6.90. The number of benzene rings is 2. The molecule has 0 bridgehead atoms. The Hall–Kier alpha value is -2.71. The number of anilines is 1. The lowest BCUT2D eigenvalue weighted by molar-refractivity contribution is 0.247. The maximum Gasteiger partial charge on any atom is 0.246 e. The summed E-state index contributed by atoms with van der Waals surface area (Å²) in [5.41, 5.74) is 5.18. The summed E-state index contributed by atoms with van der Waals surface area (Å²) < 4.78 is 57.2. The van der Waals surface area contributed by atoms with Crippen molar-refractivity contribution < 1.29 is 17.2 Å². The van der Waals surface area contributed by atoms with Gasteiger partial charge in [0.15, 0.2) is 0 Å². The first-order valence-electron chi connectivity index (χ1n) is 10.2. The number of aromatic nitrogens is 1. The number of aryl methyl sites for hydroxylation is 1. The lowest BCUT2D eigenvalue weighted by Gasteiger charge is -2.46. The van der Waals surface area contributed by atoms with Crippen LogP contribution in [0.5, 0.6) is 0 Å². The molecule has 1 spiro atoms. The van der Waals surface area contributed by atoms with Gasteiger partial charge >= 0.3 is 0 Å². The Balaban J connectivity index is 1.48. The van der Waals surface area contributed by atoms with E-state index in [9.17, 15) is 17.2 Å². The van der Waals surface area contributed by atoms with Crippen LogP contribution in [-0.2, 0) is 15.6 Å². The average molecular weight is 444 g/mol. The highest BCUT2D eigenvalue weighted by atomic mass is 32.2. The highest BCUT2D eigenvalue weighted by Crippen LogP contribution is 2.45. The van der Waals surface area contributed by atoms with Gasteiger partial charge in [0.1, 0.15) is 16.5 Å². The molecule has 2 aromatic carbocycles. The van der Waals surface area contributed by atoms with Gasteiger partial charge in [0.25, 0.3) is 0 Å². The predicted octanol–water partition coefficient (Wildman–Crippen LogP) is 4.48. The molecule has 31 heavy (non-hydrogen) atoms. The summed E-state index contributed by atoms with van der Waals surface area (Å²) in [6.45, 7) is 4.59. The number of hydrogen-bond donors (Lipinski definition) is 1. The third kappa shape index (κ3) is 3.00. The van der Waals surface area contributed by atoms with Crippen LogP contribution >= 0.6 is 0 Å². The molecular formula is C23H23F2N3O2S. The van der Waals surface area contributed by atoms with Crippen molar-refractivity contribution in [3.8, 4) is 5.69 Å². The number of halogens is 2. The van der Waals surface area contributed by atoms with Crippen LogP contribution in [0.1, 0.15) is 29.7 Å². The van der Waals surface area contributed by atoms with Gasteiger partial charge in [0.05, 0.1) is 16.9 Å². The lowest BCUT2D eigenvalue weighted by atomic mass is 9.82. The molecule has 1 saturated heterocycles. The molecule has 0 saturated carbocycles. The molecule has 2 aliphatic heterocycles.